The van der Waals surface area contributed by atoms with Gasteiger partial charge in [0, 0.05) is 54.0 Å². The van der Waals surface area contributed by atoms with Crippen LogP contribution in [0.15, 0.2) is 42.9 Å². The fraction of sp³-hybridized carbons (Fsp3) is 0.500. The van der Waals surface area contributed by atoms with E-state index in [1.54, 1.807) is 39.2 Å². The molecule has 1 amide bonds. The summed E-state index contributed by atoms with van der Waals surface area (Å²) in [4.78, 5) is 33.6. The van der Waals surface area contributed by atoms with Crippen LogP contribution in [0, 0.1) is 12.8 Å². The van der Waals surface area contributed by atoms with Crippen molar-refractivity contribution >= 4 is 28.7 Å². The molecule has 10 nitrogen and oxygen atoms in total. The van der Waals surface area contributed by atoms with Crippen molar-refractivity contribution in [3.63, 3.8) is 0 Å². The summed E-state index contributed by atoms with van der Waals surface area (Å²) in [7, 11) is 0. The lowest BCUT2D eigenvalue weighted by atomic mass is 9.95. The molecular formula is C36H40F4N6O4. The van der Waals surface area contributed by atoms with E-state index in [2.05, 4.69) is 10.1 Å². The number of aromatic nitrogens is 4. The highest BCUT2D eigenvalue weighted by Crippen LogP contribution is 2.42. The van der Waals surface area contributed by atoms with Gasteiger partial charge in [0.25, 0.3) is 6.43 Å². The number of imidazole rings is 1. The molecule has 5 heterocycles. The zero-order valence-corrected chi connectivity index (χ0v) is 28.6. The number of esters is 1. The van der Waals surface area contributed by atoms with Gasteiger partial charge in [-0.3, -0.25) is 4.68 Å². The summed E-state index contributed by atoms with van der Waals surface area (Å²) in [5, 5.41) is 4.84. The van der Waals surface area contributed by atoms with Crippen molar-refractivity contribution in [2.45, 2.75) is 77.5 Å². The molecule has 3 aliphatic rings. The second-order valence-corrected chi connectivity index (χ2v) is 14.5. The minimum Gasteiger partial charge on any atom is -0.464 e. The maximum Gasteiger partial charge on any atom is 0.410 e. The highest BCUT2D eigenvalue weighted by Gasteiger charge is 2.55. The van der Waals surface area contributed by atoms with Crippen LogP contribution in [0.2, 0.25) is 0 Å². The third-order valence-electron chi connectivity index (χ3n) is 9.87. The number of benzene rings is 2. The Bertz CT molecular complexity index is 1950. The second kappa shape index (κ2) is 12.3. The monoisotopic (exact) mass is 696 g/mol. The van der Waals surface area contributed by atoms with Crippen LogP contribution in [0.4, 0.5) is 28.0 Å². The number of hydrogen-bond acceptors (Lipinski definition) is 7. The van der Waals surface area contributed by atoms with E-state index in [0.717, 1.165) is 5.69 Å². The van der Waals surface area contributed by atoms with E-state index in [-0.39, 0.29) is 67.3 Å². The Morgan fingerprint density at radius 3 is 2.50 bits per heavy atom. The van der Waals surface area contributed by atoms with Gasteiger partial charge in [0.1, 0.15) is 11.8 Å². The van der Waals surface area contributed by atoms with Crippen molar-refractivity contribution in [3.05, 3.63) is 65.4 Å². The predicted molar refractivity (Wildman–Crippen MR) is 178 cm³/mol. The maximum atomic E-state index is 16.0. The fourth-order valence-corrected chi connectivity index (χ4v) is 7.55. The predicted octanol–water partition coefficient (Wildman–Crippen LogP) is 6.59. The van der Waals surface area contributed by atoms with Crippen LogP contribution in [0.5, 0.6) is 0 Å². The van der Waals surface area contributed by atoms with E-state index in [9.17, 15) is 22.8 Å². The van der Waals surface area contributed by atoms with Gasteiger partial charge in [-0.05, 0) is 69.5 Å². The van der Waals surface area contributed by atoms with Gasteiger partial charge in [-0.15, -0.1) is 0 Å². The average Bonchev–Trinajstić information content (AvgIpc) is 3.84. The Balaban J connectivity index is 1.17. The van der Waals surface area contributed by atoms with Crippen LogP contribution >= 0.6 is 0 Å². The SMILES string of the molecule is CCOC(=O)C(c1ncn2c1C[C@@H](F)C2)n1cc2c(C(F)F)cc(-c3ccc(N4CC5CN(C(=O)OC(C)(C)C)C[C@@]5(F)C4)cc3)c(C)c2n1. The van der Waals surface area contributed by atoms with Crippen LogP contribution in [-0.2, 0) is 27.2 Å². The van der Waals surface area contributed by atoms with Crippen LogP contribution in [0.25, 0.3) is 22.0 Å². The van der Waals surface area contributed by atoms with Crippen molar-refractivity contribution in [2.75, 3.05) is 37.7 Å². The molecule has 0 saturated carbocycles. The van der Waals surface area contributed by atoms with Crippen LogP contribution in [-0.4, -0.2) is 86.5 Å². The number of alkyl halides is 4. The van der Waals surface area contributed by atoms with Crippen LogP contribution < -0.4 is 4.90 Å². The van der Waals surface area contributed by atoms with Gasteiger partial charge >= 0.3 is 12.1 Å². The summed E-state index contributed by atoms with van der Waals surface area (Å²) in [5.74, 6) is -1.04. The molecule has 0 N–H and O–H groups in total. The molecule has 14 heteroatoms. The van der Waals surface area contributed by atoms with Crippen molar-refractivity contribution in [3.8, 4) is 11.1 Å². The molecule has 2 saturated heterocycles. The normalized spacial score (nSPS) is 22.4. The number of aryl methyl sites for hydroxylation is 1. The number of likely N-dealkylation sites (tertiary alicyclic amines) is 1. The summed E-state index contributed by atoms with van der Waals surface area (Å²) < 4.78 is 73.3. The van der Waals surface area contributed by atoms with Gasteiger partial charge in [0.05, 0.1) is 43.8 Å². The maximum absolute atomic E-state index is 16.0. The Morgan fingerprint density at radius 2 is 1.84 bits per heavy atom. The lowest BCUT2D eigenvalue weighted by Gasteiger charge is -2.27. The van der Waals surface area contributed by atoms with Gasteiger partial charge in [-0.1, -0.05) is 12.1 Å². The number of amides is 1. The molecule has 7 rings (SSSR count). The molecule has 0 spiro atoms. The summed E-state index contributed by atoms with van der Waals surface area (Å²) in [6.45, 7) is 9.72. The molecule has 2 aromatic heterocycles. The number of ether oxygens (including phenoxy) is 2. The molecule has 2 fully saturated rings. The number of rotatable bonds is 7. The molecule has 50 heavy (non-hydrogen) atoms. The van der Waals surface area contributed by atoms with Gasteiger partial charge in [-0.2, -0.15) is 5.10 Å². The van der Waals surface area contributed by atoms with E-state index in [0.29, 0.717) is 28.9 Å². The minimum atomic E-state index is -2.84. The van der Waals surface area contributed by atoms with Crippen LogP contribution in [0.1, 0.15) is 62.7 Å². The number of anilines is 1. The Labute approximate surface area is 286 Å². The van der Waals surface area contributed by atoms with Gasteiger partial charge in [0.2, 0.25) is 0 Å². The number of carbonyl (C=O) groups excluding carboxylic acids is 2. The molecule has 2 aromatic carbocycles. The molecule has 3 aliphatic heterocycles. The highest BCUT2D eigenvalue weighted by atomic mass is 19.3. The molecule has 2 unspecified atom stereocenters. The summed E-state index contributed by atoms with van der Waals surface area (Å²) >= 11 is 0. The molecule has 266 valence electrons. The fourth-order valence-electron chi connectivity index (χ4n) is 7.55. The quantitative estimate of drug-likeness (QED) is 0.159. The third-order valence-corrected chi connectivity index (χ3v) is 9.87. The lowest BCUT2D eigenvalue weighted by molar-refractivity contribution is -0.146. The van der Waals surface area contributed by atoms with Crippen molar-refractivity contribution in [2.24, 2.45) is 5.92 Å². The second-order valence-electron chi connectivity index (χ2n) is 14.5. The first-order chi connectivity index (χ1) is 23.7. The van der Waals surface area contributed by atoms with E-state index in [1.165, 1.54) is 28.2 Å². The van der Waals surface area contributed by atoms with Gasteiger partial charge in [0.15, 0.2) is 11.7 Å². The average molecular weight is 697 g/mol. The Morgan fingerprint density at radius 1 is 1.10 bits per heavy atom. The molecule has 4 aromatic rings. The molecule has 0 radical (unpaired) electrons. The number of carbonyl (C=O) groups is 2. The number of fused-ring (bicyclic) bond motifs is 3. The zero-order chi connectivity index (χ0) is 35.7. The van der Waals surface area contributed by atoms with Crippen molar-refractivity contribution in [1.29, 1.82) is 0 Å². The van der Waals surface area contributed by atoms with E-state index in [1.807, 2.05) is 29.2 Å². The Kier molecular flexibility index (Phi) is 8.33. The largest absolute Gasteiger partial charge is 0.464 e. The number of hydrogen-bond donors (Lipinski definition) is 0. The van der Waals surface area contributed by atoms with E-state index in [4.69, 9.17) is 9.47 Å². The van der Waals surface area contributed by atoms with E-state index < -0.39 is 42.0 Å². The molecule has 0 aliphatic carbocycles. The smallest absolute Gasteiger partial charge is 0.410 e. The van der Waals surface area contributed by atoms with Crippen molar-refractivity contribution in [1.82, 2.24) is 24.2 Å². The number of halogens is 4. The molecular weight excluding hydrogens is 656 g/mol. The van der Waals surface area contributed by atoms with Gasteiger partial charge < -0.3 is 23.8 Å². The first-order valence-electron chi connectivity index (χ1n) is 16.8. The summed E-state index contributed by atoms with van der Waals surface area (Å²) in [6.07, 6.45) is -1.53. The highest BCUT2D eigenvalue weighted by molar-refractivity contribution is 5.92. The molecule has 4 atom stereocenters. The lowest BCUT2D eigenvalue weighted by Crippen LogP contribution is -2.40. The van der Waals surface area contributed by atoms with Crippen LogP contribution in [0.3, 0.4) is 0 Å². The standard InChI is InChI=1S/C36H40F4N6O4/c1-6-49-33(47)31(30-28-11-23(37)15-45(28)19-41-30)46-16-27-26(32(38)39)12-25(20(2)29(27)42-46)21-7-9-24(10-8-21)43-13-22-14-44(18-36(22,40)17-43)34(48)50-35(3,4)5/h7-10,12,16,19,22-23,31-32H,6,11,13-15,17-18H2,1-5H3/t22?,23-,31?,36+/m1/s1. The number of nitrogens with zero attached hydrogens (tertiary/aromatic N) is 6. The zero-order valence-electron chi connectivity index (χ0n) is 28.6. The summed E-state index contributed by atoms with van der Waals surface area (Å²) in [6, 6.07) is 7.54. The Hall–Kier alpha value is -4.62. The molecule has 0 bridgehead atoms. The third kappa shape index (κ3) is 5.96. The first kappa shape index (κ1) is 33.9. The minimum absolute atomic E-state index is 0.0416. The van der Waals surface area contributed by atoms with E-state index >= 15 is 4.39 Å². The first-order valence-corrected chi connectivity index (χ1v) is 16.8. The van der Waals surface area contributed by atoms with Crippen molar-refractivity contribution < 1.29 is 36.6 Å². The summed E-state index contributed by atoms with van der Waals surface area (Å²) in [5.41, 5.74) is 1.22. The van der Waals surface area contributed by atoms with Gasteiger partial charge in [-0.25, -0.2) is 32.1 Å². The topological polar surface area (TPSA) is 94.7 Å².